The quantitative estimate of drug-likeness (QED) is 0.135. The van der Waals surface area contributed by atoms with Crippen LogP contribution in [0.2, 0.25) is 0 Å². The number of likely N-dealkylation sites (tertiary alicyclic amines) is 1. The van der Waals surface area contributed by atoms with Crippen molar-refractivity contribution in [2.75, 3.05) is 95.3 Å². The summed E-state index contributed by atoms with van der Waals surface area (Å²) in [6, 6.07) is 5.43. The number of hydrogen-bond donors (Lipinski definition) is 5. The zero-order chi connectivity index (χ0) is 76.6. The van der Waals surface area contributed by atoms with Gasteiger partial charge >= 0.3 is 0 Å². The number of nitrogens with one attached hydrogen (secondary N) is 4. The summed E-state index contributed by atoms with van der Waals surface area (Å²) in [6.45, 7) is 19.7. The number of likely N-dealkylation sites (N-methyl/N-ethyl adjacent to an activating group) is 7. The van der Waals surface area contributed by atoms with Crippen LogP contribution in [-0.2, 0) is 79.8 Å². The number of carbonyl (C=O) groups is 12. The predicted octanol–water partition coefficient (Wildman–Crippen LogP) is 3.28. The van der Waals surface area contributed by atoms with Crippen LogP contribution in [0, 0.1) is 23.7 Å². The molecule has 0 unspecified atom stereocenters. The van der Waals surface area contributed by atoms with Crippen LogP contribution in [0.15, 0.2) is 60.7 Å². The zero-order valence-corrected chi connectivity index (χ0v) is 64.1. The van der Waals surface area contributed by atoms with E-state index in [-0.39, 0.29) is 63.1 Å². The molecule has 2 aromatic carbocycles. The van der Waals surface area contributed by atoms with Crippen molar-refractivity contribution in [1.82, 2.24) is 60.5 Å². The maximum absolute atomic E-state index is 15.4. The Morgan fingerprint density at radius 1 is 0.500 bits per heavy atom. The highest BCUT2D eigenvalue weighted by molar-refractivity contribution is 6.00. The SMILES string of the molecule is CC[C@H](C)[C@@H]1NC(=O)[C@H](CC(C)C)N(C)C(=O)[C@H](COC[C@@H](C)O)NC(=O)[C@H](Cc2ccccc2)N(C)C(=O)CN(C)C(=O)C[C@@H](C(=O)N2CCCCC2)NC(=O)[C@H](CC(C)C)N(C)C(=O)[C@H](COC(C)(C)C)NC(=O)[C@H](CC(C)C)N(C)C(=O)[C@H](Cc2ccccc2)N(C)C(=O)CN(C)C1=O. The summed E-state index contributed by atoms with van der Waals surface area (Å²) in [5, 5.41) is 21.7. The average Bonchev–Trinajstić information content (AvgIpc) is 0.823. The molecule has 27 nitrogen and oxygen atoms in total. The van der Waals surface area contributed by atoms with Gasteiger partial charge in [-0.05, 0) is 101 Å². The Kier molecular flexibility index (Phi) is 34.5. The molecule has 0 spiro atoms. The number of carbonyl (C=O) groups excluding carboxylic acids is 12. The Morgan fingerprint density at radius 2 is 0.912 bits per heavy atom. The number of benzene rings is 2. The van der Waals surface area contributed by atoms with Crippen LogP contribution in [0.1, 0.15) is 146 Å². The van der Waals surface area contributed by atoms with Crippen LogP contribution in [0.5, 0.6) is 0 Å². The average molecular weight is 1430 g/mol. The van der Waals surface area contributed by atoms with Crippen LogP contribution in [0.4, 0.5) is 0 Å². The summed E-state index contributed by atoms with van der Waals surface area (Å²) in [4.78, 5) is 190. The first-order chi connectivity index (χ1) is 47.8. The minimum absolute atomic E-state index is 0.0306. The van der Waals surface area contributed by atoms with Crippen molar-refractivity contribution < 1.29 is 72.1 Å². The monoisotopic (exact) mass is 1430 g/mol. The largest absolute Gasteiger partial charge is 0.391 e. The molecular weight excluding hydrogens is 1310 g/mol. The van der Waals surface area contributed by atoms with Crippen LogP contribution in [0.3, 0.4) is 0 Å². The summed E-state index contributed by atoms with van der Waals surface area (Å²) in [5.41, 5.74) is 0.425. The third kappa shape index (κ3) is 26.3. The molecule has 4 rings (SSSR count). The number of ether oxygens (including phenoxy) is 2. The van der Waals surface area contributed by atoms with Crippen LogP contribution in [0.25, 0.3) is 0 Å². The van der Waals surface area contributed by atoms with Crippen LogP contribution < -0.4 is 21.3 Å². The van der Waals surface area contributed by atoms with E-state index in [1.807, 2.05) is 48.5 Å². The van der Waals surface area contributed by atoms with Gasteiger partial charge in [0.1, 0.15) is 54.4 Å². The van der Waals surface area contributed by atoms with E-state index in [2.05, 4.69) is 21.3 Å². The fourth-order valence-electron chi connectivity index (χ4n) is 12.3. The first kappa shape index (κ1) is 86.4. The molecule has 570 valence electrons. The lowest BCUT2D eigenvalue weighted by Gasteiger charge is -2.37. The van der Waals surface area contributed by atoms with E-state index in [4.69, 9.17) is 9.47 Å². The lowest BCUT2D eigenvalue weighted by molar-refractivity contribution is -0.151. The number of rotatable bonds is 19. The van der Waals surface area contributed by atoms with Gasteiger partial charge in [-0.1, -0.05) is 122 Å². The molecule has 2 aromatic rings. The maximum Gasteiger partial charge on any atom is 0.247 e. The Balaban J connectivity index is 1.98. The topological polar surface area (TPSA) is 318 Å². The molecule has 2 saturated heterocycles. The van der Waals surface area contributed by atoms with Gasteiger partial charge in [0.05, 0.1) is 51.0 Å². The molecule has 2 fully saturated rings. The van der Waals surface area contributed by atoms with Gasteiger partial charge in [0, 0.05) is 75.3 Å². The molecule has 27 heteroatoms. The highest BCUT2D eigenvalue weighted by Crippen LogP contribution is 2.23. The Morgan fingerprint density at radius 3 is 1.36 bits per heavy atom. The van der Waals surface area contributed by atoms with E-state index in [0.717, 1.165) is 26.0 Å². The summed E-state index contributed by atoms with van der Waals surface area (Å²) < 4.78 is 12.0. The number of hydrogen-bond acceptors (Lipinski definition) is 15. The van der Waals surface area contributed by atoms with Crippen molar-refractivity contribution in [3.8, 4) is 0 Å². The molecular formula is C75H120N12O15. The van der Waals surface area contributed by atoms with Crippen molar-refractivity contribution >= 4 is 70.9 Å². The molecule has 12 amide bonds. The van der Waals surface area contributed by atoms with Crippen LogP contribution >= 0.6 is 0 Å². The van der Waals surface area contributed by atoms with Gasteiger partial charge in [-0.2, -0.15) is 0 Å². The fourth-order valence-corrected chi connectivity index (χ4v) is 12.3. The molecule has 5 N–H and O–H groups in total. The molecule has 0 aromatic heterocycles. The molecule has 11 atom stereocenters. The third-order valence-electron chi connectivity index (χ3n) is 18.8. The highest BCUT2D eigenvalue weighted by Gasteiger charge is 2.43. The van der Waals surface area contributed by atoms with E-state index in [1.54, 1.807) is 93.3 Å². The molecule has 102 heavy (non-hydrogen) atoms. The molecule has 2 heterocycles. The van der Waals surface area contributed by atoms with E-state index < -0.39 is 169 Å². The number of amides is 12. The minimum atomic E-state index is -1.54. The molecule has 2 aliphatic rings. The van der Waals surface area contributed by atoms with Gasteiger partial charge in [-0.3, -0.25) is 57.5 Å². The normalized spacial score (nSPS) is 24.5. The van der Waals surface area contributed by atoms with Crippen molar-refractivity contribution in [3.63, 3.8) is 0 Å². The maximum atomic E-state index is 15.4. The molecule has 0 bridgehead atoms. The standard InChI is InChI=1S/C75H120N12O15/c1-20-50(8)65-74(100)81(14)43-64(91)83(16)61(40-53-32-26-22-27-33-53)73(99)86(19)58(37-48(4)5)67(93)78-56(46-102-75(10,11)12)71(97)84(17)57(36-47(2)3)66(92)76-54(72(98)87-34-28-23-29-35-87)41-62(89)80(13)42-63(90)82(15)60(39-52-30-24-21-25-31-52)68(94)77-55(45-101-44-51(9)88)70(96)85(18)59(38-49(6)7)69(95)79-65/h21-22,24-27,30-33,47-51,54-61,65,88H,20,23,28-29,34-46H2,1-19H3,(H,76,92)(H,77,94)(H,78,93)(H,79,95)/t50-,51+,54-,55-,56-,57-,58-,59-,60-,61-,65-/m0/s1. The molecule has 2 aliphatic heterocycles. The lowest BCUT2D eigenvalue weighted by Crippen LogP contribution is -2.62. The third-order valence-corrected chi connectivity index (χ3v) is 18.8. The minimum Gasteiger partial charge on any atom is -0.391 e. The second-order valence-electron chi connectivity index (χ2n) is 30.1. The Hall–Kier alpha value is -8.04. The Bertz CT molecular complexity index is 3120. The number of piperidine rings is 1. The van der Waals surface area contributed by atoms with Crippen molar-refractivity contribution in [1.29, 1.82) is 0 Å². The smallest absolute Gasteiger partial charge is 0.247 e. The molecule has 0 radical (unpaired) electrons. The zero-order valence-electron chi connectivity index (χ0n) is 64.1. The van der Waals surface area contributed by atoms with Gasteiger partial charge in [0.25, 0.3) is 0 Å². The number of aliphatic hydroxyl groups is 1. The lowest BCUT2D eigenvalue weighted by atomic mass is 9.95. The van der Waals surface area contributed by atoms with Gasteiger partial charge in [0.15, 0.2) is 0 Å². The molecule has 0 saturated carbocycles. The fraction of sp³-hybridized carbons (Fsp3) is 0.680. The van der Waals surface area contributed by atoms with E-state index >= 15 is 28.8 Å². The van der Waals surface area contributed by atoms with Gasteiger partial charge in [0.2, 0.25) is 70.9 Å². The van der Waals surface area contributed by atoms with Crippen molar-refractivity contribution in [2.45, 2.75) is 213 Å². The van der Waals surface area contributed by atoms with E-state index in [1.165, 1.54) is 71.0 Å². The second-order valence-corrected chi connectivity index (χ2v) is 30.1. The second kappa shape index (κ2) is 40.7. The van der Waals surface area contributed by atoms with Crippen LogP contribution in [-0.4, -0.2) is 277 Å². The number of nitrogens with zero attached hydrogens (tertiary/aromatic N) is 8. The number of aliphatic hydroxyl groups excluding tert-OH is 1. The summed E-state index contributed by atoms with van der Waals surface area (Å²) >= 11 is 0. The summed E-state index contributed by atoms with van der Waals surface area (Å²) in [7, 11) is 9.75. The Labute approximate surface area is 605 Å². The van der Waals surface area contributed by atoms with Crippen molar-refractivity contribution in [3.05, 3.63) is 71.8 Å². The van der Waals surface area contributed by atoms with Gasteiger partial charge in [-0.25, -0.2) is 0 Å². The van der Waals surface area contributed by atoms with E-state index in [9.17, 15) is 33.9 Å². The van der Waals surface area contributed by atoms with Crippen molar-refractivity contribution in [2.24, 2.45) is 23.7 Å². The summed E-state index contributed by atoms with van der Waals surface area (Å²) in [6.07, 6.45) is 1.00. The molecule has 0 aliphatic carbocycles. The highest BCUT2D eigenvalue weighted by atomic mass is 16.5. The first-order valence-corrected chi connectivity index (χ1v) is 36.1. The van der Waals surface area contributed by atoms with E-state index in [0.29, 0.717) is 43.5 Å². The first-order valence-electron chi connectivity index (χ1n) is 36.1. The van der Waals surface area contributed by atoms with Gasteiger partial charge < -0.3 is 75.0 Å². The van der Waals surface area contributed by atoms with Gasteiger partial charge in [-0.15, -0.1) is 0 Å². The predicted molar refractivity (Wildman–Crippen MR) is 387 cm³/mol. The summed E-state index contributed by atoms with van der Waals surface area (Å²) in [5.74, 6) is -9.88.